The SMILES string of the molecule is C1=CC2=C(c3cc(-c4ccccn4)cc(-c4ccccn4)c3)C=CC3=CC=C4C(c5cc(-c6ccc7c(-c8ccccc8)c8ccc9ccc(-c%10ccc%11ccc%12cc(-c%13cc(-c%14ccccn%14)cc(-c%14ccccn%14)c%13)ccc%12c%11c%10)nc9c8nc7c6)c6ccc7c(-c8ccccc8)c8ccccc8nc7c6n5)=CC=C1C4C32. The van der Waals surface area contributed by atoms with Gasteiger partial charge in [-0.15, -0.1) is 0 Å². The highest BCUT2D eigenvalue weighted by atomic mass is 14.8. The summed E-state index contributed by atoms with van der Waals surface area (Å²) in [5.41, 5.74) is 32.9. The summed E-state index contributed by atoms with van der Waals surface area (Å²) < 4.78 is 0. The van der Waals surface area contributed by atoms with Crippen LogP contribution < -0.4 is 0 Å². The van der Waals surface area contributed by atoms with Crippen molar-refractivity contribution in [2.24, 2.45) is 11.8 Å². The first-order valence-electron chi connectivity index (χ1n) is 38.8. The molecule has 528 valence electrons. The first-order chi connectivity index (χ1) is 56.5. The number of rotatable bonds is 11. The molecule has 0 saturated heterocycles. The van der Waals surface area contributed by atoms with Gasteiger partial charge in [0.1, 0.15) is 0 Å². The van der Waals surface area contributed by atoms with Crippen molar-refractivity contribution in [1.82, 2.24) is 39.9 Å². The van der Waals surface area contributed by atoms with Crippen LogP contribution in [-0.2, 0) is 0 Å². The molecule has 0 saturated carbocycles. The van der Waals surface area contributed by atoms with E-state index in [1.165, 1.54) is 33.3 Å². The summed E-state index contributed by atoms with van der Waals surface area (Å²) in [7, 11) is 0. The molecule has 2 atom stereocenters. The monoisotopic (exact) mass is 1450 g/mol. The summed E-state index contributed by atoms with van der Waals surface area (Å²) in [6, 6.07) is 108. The molecule has 8 aromatic heterocycles. The highest BCUT2D eigenvalue weighted by molar-refractivity contribution is 6.20. The van der Waals surface area contributed by atoms with Crippen molar-refractivity contribution in [3.05, 3.63) is 410 Å². The van der Waals surface area contributed by atoms with Gasteiger partial charge < -0.3 is 0 Å². The third-order valence-electron chi connectivity index (χ3n) is 23.6. The van der Waals surface area contributed by atoms with Crippen LogP contribution in [0.25, 0.3) is 199 Å². The lowest BCUT2D eigenvalue weighted by Gasteiger charge is -2.42. The van der Waals surface area contributed by atoms with E-state index in [2.05, 4.69) is 316 Å². The van der Waals surface area contributed by atoms with E-state index in [-0.39, 0.29) is 11.8 Å². The molecule has 4 aliphatic rings. The predicted octanol–water partition coefficient (Wildman–Crippen LogP) is 26.1. The van der Waals surface area contributed by atoms with E-state index in [4.69, 9.17) is 39.9 Å². The van der Waals surface area contributed by atoms with Crippen LogP contribution in [0.1, 0.15) is 11.3 Å². The maximum Gasteiger partial charge on any atom is 0.0979 e. The van der Waals surface area contributed by atoms with Gasteiger partial charge in [-0.3, -0.25) is 19.9 Å². The van der Waals surface area contributed by atoms with Crippen LogP contribution in [0, 0.1) is 11.8 Å². The fourth-order valence-corrected chi connectivity index (χ4v) is 18.2. The van der Waals surface area contributed by atoms with Crippen LogP contribution >= 0.6 is 0 Å². The Morgan fingerprint density at radius 1 is 0.228 bits per heavy atom. The van der Waals surface area contributed by atoms with Gasteiger partial charge in [0.2, 0.25) is 0 Å². The summed E-state index contributed by atoms with van der Waals surface area (Å²) >= 11 is 0. The van der Waals surface area contributed by atoms with Gasteiger partial charge in [0, 0.05) is 113 Å². The predicted molar refractivity (Wildman–Crippen MR) is 469 cm³/mol. The molecular weight excluding hydrogens is 1390 g/mol. The molecule has 8 nitrogen and oxygen atoms in total. The molecule has 0 spiro atoms. The van der Waals surface area contributed by atoms with Crippen LogP contribution in [-0.4, -0.2) is 39.9 Å². The summed E-state index contributed by atoms with van der Waals surface area (Å²) in [5.74, 6) is 0.0743. The van der Waals surface area contributed by atoms with Crippen LogP contribution in [0.3, 0.4) is 0 Å². The minimum absolute atomic E-state index is 0.0228. The second-order valence-corrected chi connectivity index (χ2v) is 30.0. The van der Waals surface area contributed by atoms with Gasteiger partial charge in [-0.2, -0.15) is 0 Å². The van der Waals surface area contributed by atoms with Gasteiger partial charge in [-0.25, -0.2) is 19.9 Å². The third kappa shape index (κ3) is 10.8. The van der Waals surface area contributed by atoms with Crippen molar-refractivity contribution in [2.75, 3.05) is 0 Å². The quantitative estimate of drug-likeness (QED) is 0.0932. The van der Waals surface area contributed by atoms with Gasteiger partial charge in [0.25, 0.3) is 0 Å². The molecule has 8 heteroatoms. The fraction of sp³-hybridized carbons (Fsp3) is 0.0189. The van der Waals surface area contributed by atoms with Crippen molar-refractivity contribution in [3.63, 3.8) is 0 Å². The minimum Gasteiger partial charge on any atom is -0.256 e. The first kappa shape index (κ1) is 64.8. The largest absolute Gasteiger partial charge is 0.256 e. The standard InChI is InChI=1S/C106H64N8/c1-3-17-64(18-4-1)99-85-21-7-8-26-96(85)112-106-88(99)47-46-84-90(62-98(114-104(84)106)81-41-32-67-33-42-82-80(39-31-66-34-43-83(81)102(67)101(66)82)74-56-77(93-24-11-15-51-109-93)59-78(57-74)94-25-12-16-52-110-94)71-37-44-86-97(61-71)113-105-87(100(86)65-19-5-2-6-20-65)45-35-68-38-48-95(111-103(68)105)72-30-28-63-27-29-70-53-69(36-40-79(70)89(63)60-72)73-54-75(91-22-9-13-49-107-91)58-76(55-73)92-23-10-14-50-108-92/h1-62,101-102H. The Bertz CT molecular complexity index is 7440. The summed E-state index contributed by atoms with van der Waals surface area (Å²) in [6.07, 6.45) is 26.1. The van der Waals surface area contributed by atoms with E-state index in [0.29, 0.717) is 0 Å². The molecule has 114 heavy (non-hydrogen) atoms. The van der Waals surface area contributed by atoms with Crippen molar-refractivity contribution in [1.29, 1.82) is 0 Å². The number of hydrogen-bond acceptors (Lipinski definition) is 8. The highest BCUT2D eigenvalue weighted by Crippen LogP contribution is 2.55. The van der Waals surface area contributed by atoms with E-state index >= 15 is 0 Å². The van der Waals surface area contributed by atoms with Crippen LogP contribution in [0.4, 0.5) is 0 Å². The number of aromatic nitrogens is 8. The molecule has 23 rings (SSSR count). The first-order valence-corrected chi connectivity index (χ1v) is 38.8. The maximum atomic E-state index is 5.94. The van der Waals surface area contributed by atoms with Gasteiger partial charge >= 0.3 is 0 Å². The van der Waals surface area contributed by atoms with Gasteiger partial charge in [0.05, 0.1) is 67.3 Å². The molecule has 0 N–H and O–H groups in total. The number of hydrogen-bond donors (Lipinski definition) is 0. The molecule has 0 fully saturated rings. The van der Waals surface area contributed by atoms with Crippen LogP contribution in [0.2, 0.25) is 0 Å². The van der Waals surface area contributed by atoms with Crippen molar-refractivity contribution >= 4 is 98.1 Å². The number of allylic oxidation sites excluding steroid dienone is 14. The average molecular weight is 1450 g/mol. The fourth-order valence-electron chi connectivity index (χ4n) is 18.2. The molecule has 0 aliphatic heterocycles. The Kier molecular flexibility index (Phi) is 15.0. The Morgan fingerprint density at radius 2 is 0.728 bits per heavy atom. The van der Waals surface area contributed by atoms with Crippen LogP contribution in [0.15, 0.2) is 399 Å². The number of para-hydroxylation sites is 1. The Morgan fingerprint density at radius 3 is 1.41 bits per heavy atom. The Balaban J connectivity index is 0.679. The molecule has 0 radical (unpaired) electrons. The second kappa shape index (κ2) is 26.3. The Hall–Kier alpha value is -15.1. The van der Waals surface area contributed by atoms with Crippen LogP contribution in [0.5, 0.6) is 0 Å². The van der Waals surface area contributed by atoms with E-state index in [1.807, 2.05) is 61.2 Å². The lowest BCUT2D eigenvalue weighted by Crippen LogP contribution is -2.30. The van der Waals surface area contributed by atoms with Crippen molar-refractivity contribution in [3.8, 4) is 101 Å². The zero-order valence-electron chi connectivity index (χ0n) is 61.5. The Labute approximate surface area is 656 Å². The smallest absolute Gasteiger partial charge is 0.0979 e. The molecule has 4 aliphatic carbocycles. The number of fused-ring (bicyclic) bond motifs is 11. The zero-order valence-corrected chi connectivity index (χ0v) is 61.5. The van der Waals surface area contributed by atoms with Gasteiger partial charge in [0.15, 0.2) is 0 Å². The van der Waals surface area contributed by atoms with Crippen molar-refractivity contribution in [2.45, 2.75) is 0 Å². The van der Waals surface area contributed by atoms with Gasteiger partial charge in [-0.1, -0.05) is 231 Å². The molecule has 11 aromatic carbocycles. The molecule has 2 unspecified atom stereocenters. The molecule has 0 bridgehead atoms. The summed E-state index contributed by atoms with van der Waals surface area (Å²) in [6.45, 7) is 0. The maximum absolute atomic E-state index is 5.94. The third-order valence-corrected chi connectivity index (χ3v) is 23.6. The van der Waals surface area contributed by atoms with E-state index in [1.54, 1.807) is 0 Å². The molecule has 8 heterocycles. The minimum atomic E-state index is 0.0228. The highest BCUT2D eigenvalue weighted by Gasteiger charge is 2.41. The number of benzene rings is 11. The topological polar surface area (TPSA) is 103 Å². The van der Waals surface area contributed by atoms with E-state index in [9.17, 15) is 0 Å². The number of nitrogens with zero attached hydrogens (tertiary/aromatic N) is 8. The molecular formula is C106H64N8. The lowest BCUT2D eigenvalue weighted by atomic mass is 9.61. The normalized spacial score (nSPS) is 14.9. The van der Waals surface area contributed by atoms with Crippen molar-refractivity contribution < 1.29 is 0 Å². The zero-order chi connectivity index (χ0) is 74.9. The summed E-state index contributed by atoms with van der Waals surface area (Å²) in [4.78, 5) is 42.3. The molecule has 0 amide bonds. The average Bonchev–Trinajstić information content (AvgIpc) is 0.724. The molecule has 19 aromatic rings. The lowest BCUT2D eigenvalue weighted by molar-refractivity contribution is 0.569. The number of pyridine rings is 8. The van der Waals surface area contributed by atoms with E-state index in [0.717, 1.165) is 199 Å². The van der Waals surface area contributed by atoms with E-state index < -0.39 is 0 Å². The van der Waals surface area contributed by atoms with Gasteiger partial charge in [-0.05, 0) is 210 Å². The second-order valence-electron chi connectivity index (χ2n) is 30.0. The summed E-state index contributed by atoms with van der Waals surface area (Å²) in [5, 5.41) is 10.8.